The first-order valence-corrected chi connectivity index (χ1v) is 2.52. The van der Waals surface area contributed by atoms with Gasteiger partial charge in [0.05, 0.1) is 9.03 Å². The van der Waals surface area contributed by atoms with Crippen LogP contribution < -0.4 is 4.89 Å². The molecular formula is C3H7O2P. The Morgan fingerprint density at radius 2 is 2.67 bits per heavy atom. The fraction of sp³-hybridized carbons (Fsp3) is 0.333. The highest BCUT2D eigenvalue weighted by Crippen LogP contribution is 1.94. The van der Waals surface area contributed by atoms with Crippen LogP contribution in [0.4, 0.5) is 0 Å². The fourth-order valence-corrected chi connectivity index (χ4v) is 0.322. The van der Waals surface area contributed by atoms with E-state index in [-0.39, 0.29) is 0 Å². The summed E-state index contributed by atoms with van der Waals surface area (Å²) in [5.41, 5.74) is 0. The van der Waals surface area contributed by atoms with Gasteiger partial charge in [-0.1, -0.05) is 6.08 Å². The quantitative estimate of drug-likeness (QED) is 0.283. The Bertz CT molecular complexity index is 37.8. The van der Waals surface area contributed by atoms with Crippen LogP contribution in [0.2, 0.25) is 0 Å². The van der Waals surface area contributed by atoms with E-state index < -0.39 is 9.03 Å². The highest BCUT2D eigenvalue weighted by Gasteiger charge is 1.70. The van der Waals surface area contributed by atoms with E-state index in [4.69, 9.17) is 0 Å². The van der Waals surface area contributed by atoms with Crippen LogP contribution in [0.5, 0.6) is 0 Å². The van der Waals surface area contributed by atoms with E-state index in [2.05, 4.69) is 11.1 Å². The van der Waals surface area contributed by atoms with Crippen molar-refractivity contribution in [3.8, 4) is 0 Å². The van der Waals surface area contributed by atoms with Gasteiger partial charge in [-0.25, -0.2) is 4.52 Å². The van der Waals surface area contributed by atoms with Gasteiger partial charge in [-0.3, -0.25) is 0 Å². The standard InChI is InChI=1S/C3H7O2P/c1-2-3-5-6-4/h2H,1,3,6H2. The van der Waals surface area contributed by atoms with Gasteiger partial charge in [-0.2, -0.15) is 0 Å². The fourth-order valence-electron chi connectivity index (χ4n) is 0.107. The maximum Gasteiger partial charge on any atom is 0.107 e. The lowest BCUT2D eigenvalue weighted by Gasteiger charge is -1.88. The molecule has 0 bridgehead atoms. The summed E-state index contributed by atoms with van der Waals surface area (Å²) in [4.78, 5) is 9.50. The van der Waals surface area contributed by atoms with Crippen LogP contribution in [0, 0.1) is 0 Å². The lowest BCUT2D eigenvalue weighted by atomic mass is 10.7. The Balaban J connectivity index is 2.49. The summed E-state index contributed by atoms with van der Waals surface area (Å²) in [5, 5.41) is 0. The summed E-state index contributed by atoms with van der Waals surface area (Å²) in [6.07, 6.45) is 1.56. The smallest absolute Gasteiger partial charge is 0.107 e. The zero-order chi connectivity index (χ0) is 4.83. The van der Waals surface area contributed by atoms with E-state index in [1.165, 1.54) is 0 Å². The van der Waals surface area contributed by atoms with Gasteiger partial charge in [0.25, 0.3) is 0 Å². The Hall–Kier alpha value is 0.0900. The summed E-state index contributed by atoms with van der Waals surface area (Å²) in [5.74, 6) is 0. The summed E-state index contributed by atoms with van der Waals surface area (Å²) in [6.45, 7) is 3.75. The second-order valence-electron chi connectivity index (χ2n) is 0.718. The molecular weight excluding hydrogens is 99.0 g/mol. The van der Waals surface area contributed by atoms with Crippen LogP contribution in [0.1, 0.15) is 0 Å². The molecule has 0 aromatic heterocycles. The summed E-state index contributed by atoms with van der Waals surface area (Å²) in [6, 6.07) is 0. The molecule has 36 valence electrons. The van der Waals surface area contributed by atoms with Gasteiger partial charge >= 0.3 is 0 Å². The van der Waals surface area contributed by atoms with Crippen molar-refractivity contribution in [2.45, 2.75) is 0 Å². The molecule has 0 amide bonds. The molecule has 0 radical (unpaired) electrons. The first-order valence-electron chi connectivity index (χ1n) is 1.58. The third-order valence-electron chi connectivity index (χ3n) is 0.282. The number of hydrogen-bond acceptors (Lipinski definition) is 2. The molecule has 0 aromatic carbocycles. The zero-order valence-corrected chi connectivity index (χ0v) is 4.54. The molecule has 0 aliphatic rings. The van der Waals surface area contributed by atoms with Gasteiger partial charge in [-0.05, 0) is 0 Å². The topological polar surface area (TPSA) is 32.3 Å². The molecule has 0 saturated heterocycles. The van der Waals surface area contributed by atoms with Gasteiger partial charge < -0.3 is 4.89 Å². The molecule has 0 spiro atoms. The largest absolute Gasteiger partial charge is 0.659 e. The van der Waals surface area contributed by atoms with Crippen molar-refractivity contribution in [2.24, 2.45) is 0 Å². The van der Waals surface area contributed by atoms with E-state index in [9.17, 15) is 4.89 Å². The average molecular weight is 106 g/mol. The van der Waals surface area contributed by atoms with Crippen LogP contribution in [0.15, 0.2) is 12.7 Å². The Kier molecular flexibility index (Phi) is 5.17. The maximum absolute atomic E-state index is 9.50. The van der Waals surface area contributed by atoms with Crippen molar-refractivity contribution in [3.63, 3.8) is 0 Å². The molecule has 3 heteroatoms. The summed E-state index contributed by atoms with van der Waals surface area (Å²) < 4.78 is 4.39. The van der Waals surface area contributed by atoms with Gasteiger partial charge in [0.1, 0.15) is 6.61 Å². The van der Waals surface area contributed by atoms with Crippen LogP contribution in [-0.2, 0) is 4.52 Å². The van der Waals surface area contributed by atoms with E-state index in [1.807, 2.05) is 0 Å². The maximum atomic E-state index is 9.50. The molecule has 0 aromatic rings. The van der Waals surface area contributed by atoms with Gasteiger partial charge in [0, 0.05) is 0 Å². The van der Waals surface area contributed by atoms with Crippen molar-refractivity contribution >= 4 is 9.03 Å². The third kappa shape index (κ3) is 4.09. The lowest BCUT2D eigenvalue weighted by molar-refractivity contribution is -0.168. The molecule has 2 nitrogen and oxygen atoms in total. The number of hydrogen-bond donors (Lipinski definition) is 0. The van der Waals surface area contributed by atoms with Crippen molar-refractivity contribution < 1.29 is 9.42 Å². The first-order chi connectivity index (χ1) is 2.91. The van der Waals surface area contributed by atoms with Crippen LogP contribution in [0.25, 0.3) is 0 Å². The molecule has 0 aliphatic heterocycles. The monoisotopic (exact) mass is 106 g/mol. The Morgan fingerprint density at radius 3 is 2.83 bits per heavy atom. The first kappa shape index (κ1) is 6.09. The molecule has 0 rings (SSSR count). The van der Waals surface area contributed by atoms with Gasteiger partial charge in [0.15, 0.2) is 0 Å². The van der Waals surface area contributed by atoms with Crippen molar-refractivity contribution in [1.82, 2.24) is 0 Å². The second kappa shape index (κ2) is 5.09. The van der Waals surface area contributed by atoms with E-state index in [0.717, 1.165) is 0 Å². The minimum Gasteiger partial charge on any atom is -0.659 e. The molecule has 6 heavy (non-hydrogen) atoms. The molecule has 1 atom stereocenters. The third-order valence-corrected chi connectivity index (χ3v) is 0.611. The van der Waals surface area contributed by atoms with Crippen LogP contribution in [0.3, 0.4) is 0 Å². The van der Waals surface area contributed by atoms with Gasteiger partial charge in [-0.15, -0.1) is 6.58 Å². The van der Waals surface area contributed by atoms with Crippen LogP contribution >= 0.6 is 9.03 Å². The van der Waals surface area contributed by atoms with Crippen molar-refractivity contribution in [3.05, 3.63) is 12.7 Å². The summed E-state index contributed by atoms with van der Waals surface area (Å²) >= 11 is 0. The molecule has 0 heterocycles. The second-order valence-corrected chi connectivity index (χ2v) is 1.24. The Morgan fingerprint density at radius 1 is 2.00 bits per heavy atom. The molecule has 0 saturated carbocycles. The minimum atomic E-state index is -1.04. The predicted octanol–water partition coefficient (Wildman–Crippen LogP) is -0.210. The number of rotatable bonds is 3. The van der Waals surface area contributed by atoms with E-state index in [0.29, 0.717) is 6.61 Å². The molecule has 0 aliphatic carbocycles. The zero-order valence-electron chi connectivity index (χ0n) is 3.39. The summed E-state index contributed by atoms with van der Waals surface area (Å²) in [7, 11) is -1.04. The molecule has 0 fully saturated rings. The molecule has 1 unspecified atom stereocenters. The van der Waals surface area contributed by atoms with E-state index >= 15 is 0 Å². The van der Waals surface area contributed by atoms with Gasteiger partial charge in [0.2, 0.25) is 0 Å². The van der Waals surface area contributed by atoms with Crippen LogP contribution in [-0.4, -0.2) is 6.61 Å². The highest BCUT2D eigenvalue weighted by molar-refractivity contribution is 7.23. The minimum absolute atomic E-state index is 0.402. The normalized spacial score (nSPS) is 10.2. The SMILES string of the molecule is C=CCO[PH2+][O-]. The predicted molar refractivity (Wildman–Crippen MR) is 25.9 cm³/mol. The van der Waals surface area contributed by atoms with Crippen molar-refractivity contribution in [1.29, 1.82) is 0 Å². The lowest BCUT2D eigenvalue weighted by Crippen LogP contribution is -1.85. The average Bonchev–Trinajstić information content (AvgIpc) is 1.61. The highest BCUT2D eigenvalue weighted by atomic mass is 31.1. The van der Waals surface area contributed by atoms with Crippen molar-refractivity contribution in [2.75, 3.05) is 6.61 Å². The Labute approximate surface area is 38.8 Å². The molecule has 0 N–H and O–H groups in total. The van der Waals surface area contributed by atoms with E-state index in [1.54, 1.807) is 6.08 Å².